The predicted molar refractivity (Wildman–Crippen MR) is 122 cm³/mol. The molecule has 0 N–H and O–H groups in total. The van der Waals surface area contributed by atoms with Crippen molar-refractivity contribution in [1.29, 1.82) is 0 Å². The SMILES string of the molecule is Cc1cc(C(C)(C)C)cc(C)c1COC(=O)c1ccc(Sc2nncn2C)c([N+](=O)[O-])c1. The van der Waals surface area contributed by atoms with Gasteiger partial charge in [-0.3, -0.25) is 10.1 Å². The minimum absolute atomic E-state index is 0.0222. The van der Waals surface area contributed by atoms with Gasteiger partial charge < -0.3 is 9.30 Å². The molecule has 0 bridgehead atoms. The molecule has 3 rings (SSSR count). The average Bonchev–Trinajstić information content (AvgIpc) is 3.11. The number of aryl methyl sites for hydroxylation is 3. The van der Waals surface area contributed by atoms with Crippen LogP contribution in [-0.2, 0) is 23.8 Å². The molecular formula is C23H26N4O4S. The maximum Gasteiger partial charge on any atom is 0.338 e. The van der Waals surface area contributed by atoms with Gasteiger partial charge in [-0.2, -0.15) is 0 Å². The summed E-state index contributed by atoms with van der Waals surface area (Å²) in [5.41, 5.74) is 4.21. The van der Waals surface area contributed by atoms with Crippen molar-refractivity contribution >= 4 is 23.4 Å². The van der Waals surface area contributed by atoms with Crippen LogP contribution < -0.4 is 0 Å². The van der Waals surface area contributed by atoms with Gasteiger partial charge in [-0.05, 0) is 65.4 Å². The van der Waals surface area contributed by atoms with Crippen LogP contribution in [0.3, 0.4) is 0 Å². The number of nitro groups is 1. The summed E-state index contributed by atoms with van der Waals surface area (Å²) in [7, 11) is 1.75. The summed E-state index contributed by atoms with van der Waals surface area (Å²) in [6.45, 7) is 10.5. The topological polar surface area (TPSA) is 100 Å². The monoisotopic (exact) mass is 454 g/mol. The lowest BCUT2D eigenvalue weighted by Crippen LogP contribution is -2.13. The second kappa shape index (κ2) is 9.12. The molecule has 0 aliphatic heterocycles. The summed E-state index contributed by atoms with van der Waals surface area (Å²) in [5, 5.41) is 19.8. The fourth-order valence-electron chi connectivity index (χ4n) is 3.21. The van der Waals surface area contributed by atoms with E-state index in [0.717, 1.165) is 28.5 Å². The first kappa shape index (κ1) is 23.5. The number of hydrogen-bond acceptors (Lipinski definition) is 7. The number of aromatic nitrogens is 3. The van der Waals surface area contributed by atoms with E-state index < -0.39 is 10.9 Å². The molecule has 0 saturated carbocycles. The molecule has 0 fully saturated rings. The van der Waals surface area contributed by atoms with Gasteiger partial charge in [0.15, 0.2) is 5.16 Å². The number of benzene rings is 2. The van der Waals surface area contributed by atoms with Crippen molar-refractivity contribution in [2.45, 2.75) is 56.7 Å². The molecule has 0 spiro atoms. The lowest BCUT2D eigenvalue weighted by Gasteiger charge is -2.22. The number of nitro benzene ring substituents is 1. The summed E-state index contributed by atoms with van der Waals surface area (Å²) < 4.78 is 7.16. The molecule has 1 aromatic heterocycles. The summed E-state index contributed by atoms with van der Waals surface area (Å²) >= 11 is 1.11. The molecule has 168 valence electrons. The Bertz CT molecular complexity index is 1160. The second-order valence-electron chi connectivity index (χ2n) is 8.68. The Morgan fingerprint density at radius 2 is 1.84 bits per heavy atom. The average molecular weight is 455 g/mol. The smallest absolute Gasteiger partial charge is 0.338 e. The Labute approximate surface area is 191 Å². The third kappa shape index (κ3) is 5.16. The third-order valence-electron chi connectivity index (χ3n) is 5.17. The molecule has 0 aliphatic carbocycles. The first-order valence-corrected chi connectivity index (χ1v) is 10.9. The minimum atomic E-state index is -0.609. The minimum Gasteiger partial charge on any atom is -0.457 e. The lowest BCUT2D eigenvalue weighted by atomic mass is 9.84. The summed E-state index contributed by atoms with van der Waals surface area (Å²) in [6.07, 6.45) is 1.51. The van der Waals surface area contributed by atoms with E-state index in [1.54, 1.807) is 11.6 Å². The molecule has 0 unspecified atom stereocenters. The highest BCUT2D eigenvalue weighted by atomic mass is 32.2. The molecule has 32 heavy (non-hydrogen) atoms. The number of esters is 1. The molecule has 2 aromatic carbocycles. The van der Waals surface area contributed by atoms with E-state index in [9.17, 15) is 14.9 Å². The standard InChI is InChI=1S/C23H26N4O4S/c1-14-9-17(23(3,4)5)10-15(2)18(14)12-31-21(28)16-7-8-20(19(11-16)27(29)30)32-22-25-24-13-26(22)6/h7-11,13H,12H2,1-6H3. The molecule has 0 saturated heterocycles. The van der Waals surface area contributed by atoms with Crippen molar-refractivity contribution in [2.24, 2.45) is 7.05 Å². The third-order valence-corrected chi connectivity index (χ3v) is 6.29. The largest absolute Gasteiger partial charge is 0.457 e. The maximum absolute atomic E-state index is 12.6. The number of rotatable bonds is 6. The Hall–Kier alpha value is -3.20. The van der Waals surface area contributed by atoms with Crippen LogP contribution in [0.1, 0.15) is 53.4 Å². The van der Waals surface area contributed by atoms with Crippen LogP contribution in [0.15, 0.2) is 46.7 Å². The van der Waals surface area contributed by atoms with Crippen LogP contribution in [0.2, 0.25) is 0 Å². The van der Waals surface area contributed by atoms with Gasteiger partial charge in [0.1, 0.15) is 12.9 Å². The Morgan fingerprint density at radius 1 is 1.19 bits per heavy atom. The highest BCUT2D eigenvalue weighted by Crippen LogP contribution is 2.34. The summed E-state index contributed by atoms with van der Waals surface area (Å²) in [4.78, 5) is 24.1. The van der Waals surface area contributed by atoms with Gasteiger partial charge in [-0.25, -0.2) is 4.79 Å². The molecule has 1 heterocycles. The first-order chi connectivity index (χ1) is 15.0. The van der Waals surface area contributed by atoms with E-state index in [4.69, 9.17) is 4.74 Å². The number of nitrogens with zero attached hydrogens (tertiary/aromatic N) is 4. The zero-order valence-electron chi connectivity index (χ0n) is 19.0. The zero-order chi connectivity index (χ0) is 23.6. The second-order valence-corrected chi connectivity index (χ2v) is 9.69. The quantitative estimate of drug-likeness (QED) is 0.288. The van der Waals surface area contributed by atoms with Gasteiger partial charge in [0.25, 0.3) is 5.69 Å². The van der Waals surface area contributed by atoms with Crippen LogP contribution in [0.5, 0.6) is 0 Å². The van der Waals surface area contributed by atoms with Crippen molar-refractivity contribution < 1.29 is 14.5 Å². The van der Waals surface area contributed by atoms with Gasteiger partial charge >= 0.3 is 5.97 Å². The van der Waals surface area contributed by atoms with Crippen LogP contribution >= 0.6 is 11.8 Å². The van der Waals surface area contributed by atoms with Gasteiger partial charge in [0, 0.05) is 13.1 Å². The van der Waals surface area contributed by atoms with Crippen molar-refractivity contribution in [2.75, 3.05) is 0 Å². The number of carbonyl (C=O) groups excluding carboxylic acids is 1. The lowest BCUT2D eigenvalue weighted by molar-refractivity contribution is -0.387. The van der Waals surface area contributed by atoms with Crippen LogP contribution in [0, 0.1) is 24.0 Å². The predicted octanol–water partition coefficient (Wildman–Crippen LogP) is 5.15. The van der Waals surface area contributed by atoms with Gasteiger partial charge in [-0.15, -0.1) is 10.2 Å². The van der Waals surface area contributed by atoms with Gasteiger partial charge in [-0.1, -0.05) is 32.9 Å². The first-order valence-electron chi connectivity index (χ1n) is 10.1. The van der Waals surface area contributed by atoms with Crippen molar-refractivity contribution in [3.8, 4) is 0 Å². The van der Waals surface area contributed by atoms with E-state index in [1.807, 2.05) is 13.8 Å². The molecule has 3 aromatic rings. The van der Waals surface area contributed by atoms with E-state index >= 15 is 0 Å². The molecule has 0 aliphatic rings. The molecule has 8 nitrogen and oxygen atoms in total. The van der Waals surface area contributed by atoms with Gasteiger partial charge in [0.2, 0.25) is 0 Å². The Morgan fingerprint density at radius 3 is 2.38 bits per heavy atom. The number of ether oxygens (including phenoxy) is 1. The highest BCUT2D eigenvalue weighted by molar-refractivity contribution is 7.99. The van der Waals surface area contributed by atoms with E-state index in [1.165, 1.54) is 30.1 Å². The Kier molecular flexibility index (Phi) is 6.68. The van der Waals surface area contributed by atoms with Crippen molar-refractivity contribution in [3.63, 3.8) is 0 Å². The molecule has 0 radical (unpaired) electrons. The molecular weight excluding hydrogens is 428 g/mol. The fourth-order valence-corrected chi connectivity index (χ4v) is 4.06. The normalized spacial score (nSPS) is 11.4. The maximum atomic E-state index is 12.6. The number of carbonyl (C=O) groups is 1. The van der Waals surface area contributed by atoms with Crippen molar-refractivity contribution in [3.05, 3.63) is 74.6 Å². The van der Waals surface area contributed by atoms with Gasteiger partial charge in [0.05, 0.1) is 15.4 Å². The zero-order valence-corrected chi connectivity index (χ0v) is 19.8. The van der Waals surface area contributed by atoms with Crippen LogP contribution in [0.4, 0.5) is 5.69 Å². The highest BCUT2D eigenvalue weighted by Gasteiger charge is 2.21. The molecule has 0 atom stereocenters. The number of hydrogen-bond donors (Lipinski definition) is 0. The molecule has 0 amide bonds. The summed E-state index contributed by atoms with van der Waals surface area (Å²) in [5.74, 6) is -0.609. The van der Waals surface area contributed by atoms with Crippen molar-refractivity contribution in [1.82, 2.24) is 14.8 Å². The van der Waals surface area contributed by atoms with E-state index in [2.05, 4.69) is 43.1 Å². The van der Waals surface area contributed by atoms with Crippen LogP contribution in [0.25, 0.3) is 0 Å². The van der Waals surface area contributed by atoms with E-state index in [-0.39, 0.29) is 23.3 Å². The fraction of sp³-hybridized carbons (Fsp3) is 0.348. The van der Waals surface area contributed by atoms with Crippen LogP contribution in [-0.4, -0.2) is 25.7 Å². The van der Waals surface area contributed by atoms with E-state index in [0.29, 0.717) is 10.1 Å². The molecule has 9 heteroatoms. The summed E-state index contributed by atoms with van der Waals surface area (Å²) in [6, 6.07) is 8.52. The Balaban J connectivity index is 1.79.